The fraction of sp³-hybridized carbons (Fsp3) is 0.722. The van der Waals surface area contributed by atoms with Crippen molar-refractivity contribution in [1.82, 2.24) is 57.2 Å². The zero-order valence-corrected chi connectivity index (χ0v) is 74.7. The molecule has 4 aromatic carbocycles. The topological polar surface area (TPSA) is 294 Å². The molecule has 22 heteroatoms. The summed E-state index contributed by atoms with van der Waals surface area (Å²) in [5, 5.41) is 29.9. The number of hydrogen-bond acceptors (Lipinski definition) is 11. The number of amides is 11. The first-order chi connectivity index (χ1) is 58.1. The predicted octanol–water partition coefficient (Wildman–Crippen LogP) is 18.0. The largest absolute Gasteiger partial charge is 0.356 e. The smallest absolute Gasteiger partial charge is 0.251 e. The van der Waals surface area contributed by atoms with E-state index in [1.54, 1.807) is 14.7 Å². The number of carbonyl (C=O) groups is 11. The predicted molar refractivity (Wildman–Crippen MR) is 486 cm³/mol. The first kappa shape index (κ1) is 103. The summed E-state index contributed by atoms with van der Waals surface area (Å²) in [7, 11) is 0. The third-order valence-electron chi connectivity index (χ3n) is 22.9. The van der Waals surface area contributed by atoms with Gasteiger partial charge in [-0.05, 0) is 103 Å². The van der Waals surface area contributed by atoms with Crippen molar-refractivity contribution in [3.05, 3.63) is 60.2 Å². The van der Waals surface area contributed by atoms with E-state index in [0.29, 0.717) is 122 Å². The van der Waals surface area contributed by atoms with Crippen LogP contribution in [0.15, 0.2) is 54.6 Å². The standard InChI is InChI=1S/C97H161N11O11/c1-5-9-13-17-21-25-29-33-37-50-85(109)98-66-42-74-106(75-43-67-99-86(110)51-38-34-30-26-22-18-14-10-6-2)92(116)63-60-89(113)102-70-46-78-108(94(118)65-62-91(115)104-72-73-105-97(119)84-59-57-82-55-54-80-48-41-49-81-56-58-83(84)96(82)95(80)81)79-47-71-103-90(114)61-64-93(117)107(76-44-68-100-87(111)52-39-35-31-27-23-19-15-11-7-3)77-45-69-101-88(112)53-40-36-32-28-24-20-16-12-8-4/h41,48-49,54-59H,5-40,42-47,50-53,60-79H2,1-4H3,(H,98,109)(H,99,110)(H,100,111)(H,101,112)(H,102,113)(H,103,114)(H,104,115)(H,105,119). The van der Waals surface area contributed by atoms with Crippen LogP contribution in [0.1, 0.15) is 372 Å². The van der Waals surface area contributed by atoms with Gasteiger partial charge in [0.05, 0.1) is 0 Å². The molecule has 11 amide bonds. The average Bonchev–Trinajstić information content (AvgIpc) is 0.739. The Kier molecular flexibility index (Phi) is 59.7. The summed E-state index contributed by atoms with van der Waals surface area (Å²) in [4.78, 5) is 152. The molecule has 670 valence electrons. The van der Waals surface area contributed by atoms with Gasteiger partial charge in [-0.1, -0.05) is 282 Å². The van der Waals surface area contributed by atoms with Gasteiger partial charge >= 0.3 is 0 Å². The van der Waals surface area contributed by atoms with Gasteiger partial charge in [0.2, 0.25) is 59.1 Å². The van der Waals surface area contributed by atoms with E-state index in [1.165, 1.54) is 154 Å². The van der Waals surface area contributed by atoms with Gasteiger partial charge in [0.1, 0.15) is 0 Å². The third kappa shape index (κ3) is 49.6. The molecule has 0 aliphatic rings. The van der Waals surface area contributed by atoms with Crippen LogP contribution in [-0.2, 0) is 47.9 Å². The second-order valence-electron chi connectivity index (χ2n) is 33.3. The molecule has 4 rings (SSSR count). The van der Waals surface area contributed by atoms with Crippen LogP contribution in [0.2, 0.25) is 0 Å². The second kappa shape index (κ2) is 68.7. The van der Waals surface area contributed by atoms with E-state index in [4.69, 9.17) is 0 Å². The van der Waals surface area contributed by atoms with Crippen LogP contribution in [0.5, 0.6) is 0 Å². The molecular weight excluding hydrogens is 1500 g/mol. The summed E-state index contributed by atoms with van der Waals surface area (Å²) in [6, 6.07) is 18.1. The zero-order chi connectivity index (χ0) is 85.8. The molecule has 0 saturated heterocycles. The Balaban J connectivity index is 1.31. The lowest BCUT2D eigenvalue weighted by Gasteiger charge is -2.24. The first-order valence-electron chi connectivity index (χ1n) is 47.7. The highest BCUT2D eigenvalue weighted by molar-refractivity contribution is 6.26. The van der Waals surface area contributed by atoms with E-state index in [2.05, 4.69) is 94.5 Å². The molecule has 0 spiro atoms. The quantitative estimate of drug-likeness (QED) is 0.0152. The van der Waals surface area contributed by atoms with Crippen molar-refractivity contribution in [3.8, 4) is 0 Å². The van der Waals surface area contributed by atoms with Gasteiger partial charge in [0.25, 0.3) is 5.91 Å². The third-order valence-corrected chi connectivity index (χ3v) is 22.9. The van der Waals surface area contributed by atoms with Crippen molar-refractivity contribution in [1.29, 1.82) is 0 Å². The van der Waals surface area contributed by atoms with Gasteiger partial charge < -0.3 is 57.2 Å². The maximum absolute atomic E-state index is 14.1. The Hall–Kier alpha value is -7.91. The fourth-order valence-electron chi connectivity index (χ4n) is 15.6. The van der Waals surface area contributed by atoms with Gasteiger partial charge in [-0.3, -0.25) is 52.7 Å². The molecule has 0 unspecified atom stereocenters. The van der Waals surface area contributed by atoms with Crippen LogP contribution >= 0.6 is 0 Å². The lowest BCUT2D eigenvalue weighted by atomic mass is 9.92. The van der Waals surface area contributed by atoms with E-state index in [0.717, 1.165) is 109 Å². The zero-order valence-electron chi connectivity index (χ0n) is 74.7. The maximum Gasteiger partial charge on any atom is 0.251 e. The molecule has 0 aromatic heterocycles. The van der Waals surface area contributed by atoms with Gasteiger partial charge in [-0.15, -0.1) is 0 Å². The van der Waals surface area contributed by atoms with E-state index in [9.17, 15) is 52.7 Å². The van der Waals surface area contributed by atoms with Crippen LogP contribution in [-0.4, -0.2) is 171 Å². The highest BCUT2D eigenvalue weighted by Crippen LogP contribution is 2.36. The highest BCUT2D eigenvalue weighted by atomic mass is 16.2. The summed E-state index contributed by atoms with van der Waals surface area (Å²) in [5.41, 5.74) is 0.532. The molecular formula is C97H161N11O11. The van der Waals surface area contributed by atoms with E-state index >= 15 is 0 Å². The van der Waals surface area contributed by atoms with E-state index < -0.39 is 0 Å². The normalized spacial score (nSPS) is 11.3. The number of unbranched alkanes of at least 4 members (excludes halogenated alkanes) is 32. The number of benzene rings is 4. The van der Waals surface area contributed by atoms with Gasteiger partial charge in [0, 0.05) is 161 Å². The molecule has 0 atom stereocenters. The molecule has 8 N–H and O–H groups in total. The van der Waals surface area contributed by atoms with Crippen LogP contribution in [0.3, 0.4) is 0 Å². The number of hydrogen-bond donors (Lipinski definition) is 8. The molecule has 0 aliphatic carbocycles. The van der Waals surface area contributed by atoms with Crippen molar-refractivity contribution < 1.29 is 52.7 Å². The molecule has 0 heterocycles. The van der Waals surface area contributed by atoms with Crippen molar-refractivity contribution in [3.63, 3.8) is 0 Å². The lowest BCUT2D eigenvalue weighted by Crippen LogP contribution is -2.39. The van der Waals surface area contributed by atoms with Crippen molar-refractivity contribution >= 4 is 97.3 Å². The average molecular weight is 1660 g/mol. The molecule has 4 aromatic rings. The molecule has 119 heavy (non-hydrogen) atoms. The minimum absolute atomic E-state index is 0.00497. The summed E-state index contributed by atoms with van der Waals surface area (Å²) >= 11 is 0. The highest BCUT2D eigenvalue weighted by Gasteiger charge is 2.22. The summed E-state index contributed by atoms with van der Waals surface area (Å²) in [6.45, 7) is 13.2. The van der Waals surface area contributed by atoms with Crippen molar-refractivity contribution in [2.45, 2.75) is 362 Å². The number of rotatable bonds is 77. The molecule has 0 fully saturated rings. The van der Waals surface area contributed by atoms with Crippen molar-refractivity contribution in [2.75, 3.05) is 91.6 Å². The van der Waals surface area contributed by atoms with Crippen LogP contribution < -0.4 is 42.5 Å². The molecule has 22 nitrogen and oxygen atoms in total. The summed E-state index contributed by atoms with van der Waals surface area (Å²) in [6.07, 6.45) is 46.4. The Morgan fingerprint density at radius 3 is 0.731 bits per heavy atom. The molecule has 0 radical (unpaired) electrons. The molecule has 0 bridgehead atoms. The van der Waals surface area contributed by atoms with Gasteiger partial charge in [0.15, 0.2) is 0 Å². The van der Waals surface area contributed by atoms with Crippen LogP contribution in [0.25, 0.3) is 32.3 Å². The number of nitrogens with one attached hydrogen (secondary N) is 8. The minimum atomic E-state index is -0.369. The van der Waals surface area contributed by atoms with E-state index in [-0.39, 0.29) is 143 Å². The van der Waals surface area contributed by atoms with Crippen molar-refractivity contribution in [2.24, 2.45) is 0 Å². The minimum Gasteiger partial charge on any atom is -0.356 e. The van der Waals surface area contributed by atoms with E-state index in [1.807, 2.05) is 30.3 Å². The molecule has 0 saturated carbocycles. The van der Waals surface area contributed by atoms with Gasteiger partial charge in [-0.2, -0.15) is 0 Å². The lowest BCUT2D eigenvalue weighted by molar-refractivity contribution is -0.134. The van der Waals surface area contributed by atoms with Crippen LogP contribution in [0.4, 0.5) is 0 Å². The maximum atomic E-state index is 14.1. The first-order valence-corrected chi connectivity index (χ1v) is 47.7. The SMILES string of the molecule is CCCCCCCCCCCC(=O)NCCCN(CCCNC(=O)CCCCCCCCCCC)C(=O)CCC(=O)NCCCN(CCCNC(=O)CCC(=O)N(CCCNC(=O)CCCCCCCCCCC)CCCNC(=O)CCCCCCCCCCC)C(=O)CCC(=O)NCCNC(=O)c1ccc2ccc3cccc4ccc1c2c34. The fourth-order valence-corrected chi connectivity index (χ4v) is 15.6. The second-order valence-corrected chi connectivity index (χ2v) is 33.3. The Morgan fingerprint density at radius 1 is 0.218 bits per heavy atom. The number of carbonyl (C=O) groups excluding carboxylic acids is 11. The number of nitrogens with zero attached hydrogens (tertiary/aromatic N) is 3. The van der Waals surface area contributed by atoms with Gasteiger partial charge in [-0.25, -0.2) is 0 Å². The Bertz CT molecular complexity index is 3230. The summed E-state index contributed by atoms with van der Waals surface area (Å²) in [5.74, 6) is -1.98. The Morgan fingerprint density at radius 2 is 0.445 bits per heavy atom. The molecule has 0 aliphatic heterocycles. The monoisotopic (exact) mass is 1660 g/mol. The van der Waals surface area contributed by atoms with Crippen LogP contribution in [0, 0.1) is 0 Å². The Labute approximate surface area is 716 Å². The summed E-state index contributed by atoms with van der Waals surface area (Å²) < 4.78 is 0.